The zero-order valence-electron chi connectivity index (χ0n) is 16.7. The van der Waals surface area contributed by atoms with Crippen molar-refractivity contribution in [2.24, 2.45) is 7.05 Å². The van der Waals surface area contributed by atoms with Crippen LogP contribution in [0.15, 0.2) is 78.0 Å². The Morgan fingerprint density at radius 1 is 1.06 bits per heavy atom. The fourth-order valence-electron chi connectivity index (χ4n) is 3.02. The molecule has 160 valence electrons. The third kappa shape index (κ3) is 4.42. The van der Waals surface area contributed by atoms with E-state index < -0.39 is 10.0 Å². The molecule has 2 aromatic heterocycles. The summed E-state index contributed by atoms with van der Waals surface area (Å²) in [5, 5.41) is 14.3. The topological polar surface area (TPSA) is 110 Å². The number of sulfonamides is 1. The van der Waals surface area contributed by atoms with Crippen LogP contribution in [-0.4, -0.2) is 23.2 Å². The third-order valence-electron chi connectivity index (χ3n) is 4.54. The van der Waals surface area contributed by atoms with E-state index >= 15 is 0 Å². The number of pyridine rings is 1. The molecular weight excluding hydrogens is 450 g/mol. The van der Waals surface area contributed by atoms with Crippen molar-refractivity contribution in [3.8, 4) is 28.8 Å². The second kappa shape index (κ2) is 8.70. The molecule has 8 nitrogen and oxygen atoms in total. The lowest BCUT2D eigenvalue weighted by atomic mass is 10.1. The minimum absolute atomic E-state index is 0.0554. The van der Waals surface area contributed by atoms with E-state index in [2.05, 4.69) is 14.8 Å². The van der Waals surface area contributed by atoms with Crippen molar-refractivity contribution in [1.29, 1.82) is 5.26 Å². The standard InChI is InChI=1S/C22H16ClN5O3S/c1-28-19(9-11-26-28)18-13-16(23)5-7-21(18)31-20-8-6-17(12-15(20)14-24)32(29,30)27-22-4-2-3-10-25-22/h2-13H,1H3,(H,25,27). The summed E-state index contributed by atoms with van der Waals surface area (Å²) >= 11 is 6.17. The fourth-order valence-corrected chi connectivity index (χ4v) is 4.23. The van der Waals surface area contributed by atoms with Crippen LogP contribution in [0.3, 0.4) is 0 Å². The second-order valence-electron chi connectivity index (χ2n) is 6.67. The molecule has 0 saturated heterocycles. The zero-order valence-corrected chi connectivity index (χ0v) is 18.3. The number of aromatic nitrogens is 3. The van der Waals surface area contributed by atoms with Gasteiger partial charge in [-0.1, -0.05) is 17.7 Å². The van der Waals surface area contributed by atoms with Crippen LogP contribution in [0.25, 0.3) is 11.3 Å². The number of anilines is 1. The van der Waals surface area contributed by atoms with Gasteiger partial charge < -0.3 is 4.74 Å². The average molecular weight is 466 g/mol. The van der Waals surface area contributed by atoms with Gasteiger partial charge in [0, 0.05) is 30.0 Å². The lowest BCUT2D eigenvalue weighted by molar-refractivity contribution is 0.481. The summed E-state index contributed by atoms with van der Waals surface area (Å²) < 4.78 is 35.4. The Morgan fingerprint density at radius 3 is 2.56 bits per heavy atom. The maximum absolute atomic E-state index is 12.7. The maximum atomic E-state index is 12.7. The van der Waals surface area contributed by atoms with Crippen molar-refractivity contribution in [3.63, 3.8) is 0 Å². The molecule has 0 saturated carbocycles. The van der Waals surface area contributed by atoms with E-state index in [1.165, 1.54) is 30.5 Å². The number of nitriles is 1. The number of hydrogen-bond acceptors (Lipinski definition) is 6. The van der Waals surface area contributed by atoms with Gasteiger partial charge in [-0.2, -0.15) is 10.4 Å². The Morgan fingerprint density at radius 2 is 1.88 bits per heavy atom. The van der Waals surface area contributed by atoms with E-state index in [-0.39, 0.29) is 22.0 Å². The quantitative estimate of drug-likeness (QED) is 0.445. The van der Waals surface area contributed by atoms with Gasteiger partial charge in [0.15, 0.2) is 0 Å². The summed E-state index contributed by atoms with van der Waals surface area (Å²) in [4.78, 5) is 3.87. The monoisotopic (exact) mass is 465 g/mol. The molecule has 4 aromatic rings. The van der Waals surface area contributed by atoms with E-state index in [0.717, 1.165) is 5.69 Å². The van der Waals surface area contributed by atoms with Gasteiger partial charge in [0.05, 0.1) is 16.2 Å². The predicted molar refractivity (Wildman–Crippen MR) is 120 cm³/mol. The zero-order chi connectivity index (χ0) is 22.7. The first-order chi connectivity index (χ1) is 15.4. The molecule has 0 atom stereocenters. The molecule has 2 heterocycles. The van der Waals surface area contributed by atoms with Crippen LogP contribution in [0.5, 0.6) is 11.5 Å². The summed E-state index contributed by atoms with van der Waals surface area (Å²) in [5.41, 5.74) is 1.49. The van der Waals surface area contributed by atoms with E-state index in [9.17, 15) is 13.7 Å². The highest BCUT2D eigenvalue weighted by Gasteiger charge is 2.19. The molecule has 0 aliphatic carbocycles. The Kier molecular flexibility index (Phi) is 5.81. The van der Waals surface area contributed by atoms with Crippen molar-refractivity contribution in [3.05, 3.63) is 83.6 Å². The van der Waals surface area contributed by atoms with Gasteiger partial charge in [-0.25, -0.2) is 13.4 Å². The van der Waals surface area contributed by atoms with E-state index in [1.807, 2.05) is 12.1 Å². The maximum Gasteiger partial charge on any atom is 0.263 e. The van der Waals surface area contributed by atoms with E-state index in [4.69, 9.17) is 16.3 Å². The molecular formula is C22H16ClN5O3S. The molecule has 0 amide bonds. The fraction of sp³-hybridized carbons (Fsp3) is 0.0455. The van der Waals surface area contributed by atoms with Crippen LogP contribution in [0.2, 0.25) is 5.02 Å². The minimum Gasteiger partial charge on any atom is -0.455 e. The Hall–Kier alpha value is -3.87. The van der Waals surface area contributed by atoms with Gasteiger partial charge in [-0.3, -0.25) is 9.40 Å². The van der Waals surface area contributed by atoms with Crippen LogP contribution < -0.4 is 9.46 Å². The number of rotatable bonds is 6. The molecule has 32 heavy (non-hydrogen) atoms. The molecule has 0 radical (unpaired) electrons. The predicted octanol–water partition coefficient (Wildman–Crippen LogP) is 4.60. The number of ether oxygens (including phenoxy) is 1. The summed E-state index contributed by atoms with van der Waals surface area (Å²) in [6.45, 7) is 0. The molecule has 0 spiro atoms. The van der Waals surface area contributed by atoms with Gasteiger partial charge in [-0.05, 0) is 54.6 Å². The van der Waals surface area contributed by atoms with Gasteiger partial charge in [0.2, 0.25) is 0 Å². The van der Waals surface area contributed by atoms with Crippen molar-refractivity contribution in [1.82, 2.24) is 14.8 Å². The van der Waals surface area contributed by atoms with Crippen molar-refractivity contribution in [2.75, 3.05) is 4.72 Å². The first kappa shape index (κ1) is 21.4. The van der Waals surface area contributed by atoms with Crippen LogP contribution >= 0.6 is 11.6 Å². The average Bonchev–Trinajstić information content (AvgIpc) is 3.21. The third-order valence-corrected chi connectivity index (χ3v) is 6.13. The van der Waals surface area contributed by atoms with Crippen LogP contribution in [0.4, 0.5) is 5.82 Å². The summed E-state index contributed by atoms with van der Waals surface area (Å²) in [6, 6.07) is 17.8. The molecule has 0 fully saturated rings. The highest BCUT2D eigenvalue weighted by molar-refractivity contribution is 7.92. The number of halogens is 1. The molecule has 0 aliphatic rings. The van der Waals surface area contributed by atoms with Gasteiger partial charge in [0.25, 0.3) is 10.0 Å². The number of benzene rings is 2. The lowest BCUT2D eigenvalue weighted by Crippen LogP contribution is -2.14. The van der Waals surface area contributed by atoms with Crippen molar-refractivity contribution in [2.45, 2.75) is 4.90 Å². The summed E-state index contributed by atoms with van der Waals surface area (Å²) in [7, 11) is -2.15. The van der Waals surface area contributed by atoms with Crippen LogP contribution in [0.1, 0.15) is 5.56 Å². The molecule has 0 aliphatic heterocycles. The lowest BCUT2D eigenvalue weighted by Gasteiger charge is -2.14. The summed E-state index contributed by atoms with van der Waals surface area (Å²) in [5.74, 6) is 0.820. The molecule has 4 rings (SSSR count). The molecule has 1 N–H and O–H groups in total. The first-order valence-electron chi connectivity index (χ1n) is 9.31. The first-order valence-corrected chi connectivity index (χ1v) is 11.2. The second-order valence-corrected chi connectivity index (χ2v) is 8.79. The SMILES string of the molecule is Cn1nccc1-c1cc(Cl)ccc1Oc1ccc(S(=O)(=O)Nc2ccccn2)cc1C#N. The van der Waals surface area contributed by atoms with Gasteiger partial charge in [0.1, 0.15) is 23.4 Å². The largest absolute Gasteiger partial charge is 0.455 e. The Bertz CT molecular complexity index is 1430. The summed E-state index contributed by atoms with van der Waals surface area (Å²) in [6.07, 6.45) is 3.12. The number of hydrogen-bond donors (Lipinski definition) is 1. The Balaban J connectivity index is 1.69. The molecule has 0 unspecified atom stereocenters. The molecule has 2 aromatic carbocycles. The van der Waals surface area contributed by atoms with Crippen molar-refractivity contribution >= 4 is 27.4 Å². The van der Waals surface area contributed by atoms with Crippen LogP contribution in [0, 0.1) is 11.3 Å². The normalized spacial score (nSPS) is 11.0. The number of aryl methyl sites for hydroxylation is 1. The number of nitrogens with zero attached hydrogens (tertiary/aromatic N) is 4. The van der Waals surface area contributed by atoms with Crippen molar-refractivity contribution < 1.29 is 13.2 Å². The van der Waals surface area contributed by atoms with Gasteiger partial charge in [-0.15, -0.1) is 0 Å². The van der Waals surface area contributed by atoms with Gasteiger partial charge >= 0.3 is 0 Å². The highest BCUT2D eigenvalue weighted by atomic mass is 35.5. The number of nitrogens with one attached hydrogen (secondary N) is 1. The Labute approximate surface area is 189 Å². The highest BCUT2D eigenvalue weighted by Crippen LogP contribution is 2.36. The molecule has 10 heteroatoms. The van der Waals surface area contributed by atoms with E-state index in [0.29, 0.717) is 16.3 Å². The van der Waals surface area contributed by atoms with Crippen LogP contribution in [-0.2, 0) is 17.1 Å². The van der Waals surface area contributed by atoms with E-state index in [1.54, 1.807) is 48.3 Å². The minimum atomic E-state index is -3.94. The molecule has 0 bridgehead atoms. The smallest absolute Gasteiger partial charge is 0.263 e.